The van der Waals surface area contributed by atoms with Crippen molar-refractivity contribution in [2.24, 2.45) is 0 Å². The highest BCUT2D eigenvalue weighted by Gasteiger charge is 2.30. The fourth-order valence-electron chi connectivity index (χ4n) is 2.64. The van der Waals surface area contributed by atoms with Crippen LogP contribution in [0.15, 0.2) is 65.1 Å². The smallest absolute Gasteiger partial charge is 0.342 e. The number of methoxy groups -OCH3 is 1. The SMILES string of the molecule is COC(=O)c1c(C)oc(-c2ccccc2)c1C(=O)c1ccccc1. The predicted molar refractivity (Wildman–Crippen MR) is 90.1 cm³/mol. The second kappa shape index (κ2) is 6.54. The minimum absolute atomic E-state index is 0.171. The second-order valence-corrected chi connectivity index (χ2v) is 5.29. The molecule has 4 nitrogen and oxygen atoms in total. The number of furan rings is 1. The molecular formula is C20H16O4. The highest BCUT2D eigenvalue weighted by molar-refractivity contribution is 6.18. The number of rotatable bonds is 4. The molecule has 1 heterocycles. The van der Waals surface area contributed by atoms with Gasteiger partial charge >= 0.3 is 5.97 Å². The largest absolute Gasteiger partial charge is 0.465 e. The summed E-state index contributed by atoms with van der Waals surface area (Å²) in [6.45, 7) is 1.65. The number of ether oxygens (including phenoxy) is 1. The Labute approximate surface area is 139 Å². The number of aryl methyl sites for hydroxylation is 1. The van der Waals surface area contributed by atoms with Gasteiger partial charge in [0.2, 0.25) is 0 Å². The molecule has 120 valence electrons. The van der Waals surface area contributed by atoms with Crippen LogP contribution < -0.4 is 0 Å². The first-order valence-electron chi connectivity index (χ1n) is 7.50. The van der Waals surface area contributed by atoms with Gasteiger partial charge in [-0.1, -0.05) is 60.7 Å². The third kappa shape index (κ3) is 2.74. The summed E-state index contributed by atoms with van der Waals surface area (Å²) < 4.78 is 10.6. The summed E-state index contributed by atoms with van der Waals surface area (Å²) in [5, 5.41) is 0. The predicted octanol–water partition coefficient (Wildman–Crippen LogP) is 4.27. The highest BCUT2D eigenvalue weighted by Crippen LogP contribution is 2.33. The zero-order valence-electron chi connectivity index (χ0n) is 13.4. The molecule has 0 atom stereocenters. The van der Waals surface area contributed by atoms with E-state index in [1.54, 1.807) is 31.2 Å². The lowest BCUT2D eigenvalue weighted by Gasteiger charge is -2.05. The van der Waals surface area contributed by atoms with Crippen molar-refractivity contribution >= 4 is 11.8 Å². The van der Waals surface area contributed by atoms with Gasteiger partial charge in [0.15, 0.2) is 5.78 Å². The third-order valence-electron chi connectivity index (χ3n) is 3.77. The maximum atomic E-state index is 13.0. The summed E-state index contributed by atoms with van der Waals surface area (Å²) >= 11 is 0. The molecule has 0 saturated heterocycles. The average molecular weight is 320 g/mol. The van der Waals surface area contributed by atoms with E-state index in [0.717, 1.165) is 5.56 Å². The molecule has 0 aliphatic rings. The summed E-state index contributed by atoms with van der Waals surface area (Å²) in [5.74, 6) is -0.119. The Hall–Kier alpha value is -3.14. The summed E-state index contributed by atoms with van der Waals surface area (Å²) in [6, 6.07) is 18.0. The van der Waals surface area contributed by atoms with Gasteiger partial charge in [0.05, 0.1) is 12.7 Å². The lowest BCUT2D eigenvalue weighted by Crippen LogP contribution is -2.11. The molecule has 2 aromatic carbocycles. The molecule has 0 aliphatic heterocycles. The van der Waals surface area contributed by atoms with Crippen molar-refractivity contribution in [3.8, 4) is 11.3 Å². The number of carbonyl (C=O) groups excluding carboxylic acids is 2. The van der Waals surface area contributed by atoms with Crippen molar-refractivity contribution < 1.29 is 18.7 Å². The van der Waals surface area contributed by atoms with Crippen molar-refractivity contribution in [3.05, 3.63) is 83.1 Å². The normalized spacial score (nSPS) is 10.4. The Kier molecular flexibility index (Phi) is 4.29. The Morgan fingerprint density at radius 3 is 2.04 bits per heavy atom. The maximum absolute atomic E-state index is 13.0. The minimum atomic E-state index is -0.585. The molecule has 24 heavy (non-hydrogen) atoms. The lowest BCUT2D eigenvalue weighted by molar-refractivity contribution is 0.0596. The Morgan fingerprint density at radius 2 is 1.46 bits per heavy atom. The average Bonchev–Trinajstić information content (AvgIpc) is 2.99. The summed E-state index contributed by atoms with van der Waals surface area (Å²) in [4.78, 5) is 25.2. The van der Waals surface area contributed by atoms with Crippen LogP contribution in [0.2, 0.25) is 0 Å². The van der Waals surface area contributed by atoms with E-state index in [0.29, 0.717) is 17.1 Å². The van der Waals surface area contributed by atoms with Gasteiger partial charge in [0.25, 0.3) is 0 Å². The van der Waals surface area contributed by atoms with Crippen molar-refractivity contribution in [3.63, 3.8) is 0 Å². The van der Waals surface area contributed by atoms with E-state index >= 15 is 0 Å². The summed E-state index contributed by atoms with van der Waals surface area (Å²) in [7, 11) is 1.29. The van der Waals surface area contributed by atoms with Crippen LogP contribution in [-0.4, -0.2) is 18.9 Å². The molecule has 1 aromatic heterocycles. The lowest BCUT2D eigenvalue weighted by atomic mass is 9.96. The fraction of sp³-hybridized carbons (Fsp3) is 0.100. The molecule has 0 amide bonds. The van der Waals surface area contributed by atoms with E-state index in [1.807, 2.05) is 36.4 Å². The van der Waals surface area contributed by atoms with Crippen LogP contribution in [-0.2, 0) is 4.74 Å². The van der Waals surface area contributed by atoms with Crippen LogP contribution in [0.3, 0.4) is 0 Å². The number of benzene rings is 2. The first kappa shape index (κ1) is 15.7. The van der Waals surface area contributed by atoms with Crippen LogP contribution >= 0.6 is 0 Å². The first-order valence-corrected chi connectivity index (χ1v) is 7.50. The molecule has 0 fully saturated rings. The van der Waals surface area contributed by atoms with Crippen molar-refractivity contribution in [1.82, 2.24) is 0 Å². The van der Waals surface area contributed by atoms with Gasteiger partial charge in [-0.15, -0.1) is 0 Å². The molecule has 3 aromatic rings. The monoisotopic (exact) mass is 320 g/mol. The molecule has 0 bridgehead atoms. The molecule has 0 saturated carbocycles. The Bertz CT molecular complexity index is 877. The molecular weight excluding hydrogens is 304 g/mol. The summed E-state index contributed by atoms with van der Waals surface area (Å²) in [5.41, 5.74) is 1.62. The fourth-order valence-corrected chi connectivity index (χ4v) is 2.64. The number of esters is 1. The van der Waals surface area contributed by atoms with Gasteiger partial charge in [0.1, 0.15) is 17.1 Å². The molecule has 0 N–H and O–H groups in total. The molecule has 0 radical (unpaired) electrons. The summed E-state index contributed by atoms with van der Waals surface area (Å²) in [6.07, 6.45) is 0. The highest BCUT2D eigenvalue weighted by atomic mass is 16.5. The molecule has 3 rings (SSSR count). The van der Waals surface area contributed by atoms with Crippen LogP contribution in [0.1, 0.15) is 32.0 Å². The van der Waals surface area contributed by atoms with Crippen LogP contribution in [0, 0.1) is 6.92 Å². The number of hydrogen-bond donors (Lipinski definition) is 0. The minimum Gasteiger partial charge on any atom is -0.465 e. The zero-order valence-corrected chi connectivity index (χ0v) is 13.4. The molecule has 0 aliphatic carbocycles. The Morgan fingerprint density at radius 1 is 0.875 bits per heavy atom. The van der Waals surface area contributed by atoms with Gasteiger partial charge < -0.3 is 9.15 Å². The van der Waals surface area contributed by atoms with E-state index in [1.165, 1.54) is 7.11 Å². The van der Waals surface area contributed by atoms with E-state index in [2.05, 4.69) is 0 Å². The van der Waals surface area contributed by atoms with Gasteiger partial charge in [-0.2, -0.15) is 0 Å². The van der Waals surface area contributed by atoms with E-state index < -0.39 is 5.97 Å². The first-order chi connectivity index (χ1) is 11.6. The van der Waals surface area contributed by atoms with Crippen LogP contribution in [0.5, 0.6) is 0 Å². The van der Waals surface area contributed by atoms with E-state index in [4.69, 9.17) is 9.15 Å². The molecule has 0 unspecified atom stereocenters. The third-order valence-corrected chi connectivity index (χ3v) is 3.77. The number of hydrogen-bond acceptors (Lipinski definition) is 4. The van der Waals surface area contributed by atoms with Crippen LogP contribution in [0.4, 0.5) is 0 Å². The van der Waals surface area contributed by atoms with Gasteiger partial charge in [-0.25, -0.2) is 4.79 Å². The quantitative estimate of drug-likeness (QED) is 0.532. The second-order valence-electron chi connectivity index (χ2n) is 5.29. The van der Waals surface area contributed by atoms with Gasteiger partial charge in [-0.3, -0.25) is 4.79 Å². The standard InChI is InChI=1S/C20H16O4/c1-13-16(20(22)23-2)17(18(21)14-9-5-3-6-10-14)19(24-13)15-11-7-4-8-12-15/h3-12H,1-2H3. The zero-order chi connectivity index (χ0) is 17.1. The number of carbonyl (C=O) groups is 2. The maximum Gasteiger partial charge on any atom is 0.342 e. The van der Waals surface area contributed by atoms with Crippen molar-refractivity contribution in [2.45, 2.75) is 6.92 Å². The van der Waals surface area contributed by atoms with Crippen molar-refractivity contribution in [2.75, 3.05) is 7.11 Å². The van der Waals surface area contributed by atoms with E-state index in [-0.39, 0.29) is 16.9 Å². The van der Waals surface area contributed by atoms with Crippen LogP contribution in [0.25, 0.3) is 11.3 Å². The number of ketones is 1. The van der Waals surface area contributed by atoms with Gasteiger partial charge in [0, 0.05) is 11.1 Å². The topological polar surface area (TPSA) is 56.5 Å². The Balaban J connectivity index is 2.25. The molecule has 0 spiro atoms. The molecule has 4 heteroatoms. The van der Waals surface area contributed by atoms with E-state index in [9.17, 15) is 9.59 Å². The van der Waals surface area contributed by atoms with Gasteiger partial charge in [-0.05, 0) is 6.92 Å². The van der Waals surface area contributed by atoms with Crippen molar-refractivity contribution in [1.29, 1.82) is 0 Å².